The Morgan fingerprint density at radius 2 is 1.76 bits per heavy atom. The molecular formula is C22H28N2O4S. The van der Waals surface area contributed by atoms with Crippen LogP contribution < -0.4 is 5.32 Å². The van der Waals surface area contributed by atoms with E-state index in [9.17, 15) is 13.2 Å². The number of hydrogen-bond donors (Lipinski definition) is 1. The topological polar surface area (TPSA) is 75.7 Å². The third kappa shape index (κ3) is 5.44. The molecule has 0 aliphatic carbocycles. The SMILES string of the molecule is CC(C)C[C@H](NC(=O)c1cccc(S(=O)(=O)N2CCOCC2)c1)c1ccccc1. The van der Waals surface area contributed by atoms with Crippen LogP contribution in [0.2, 0.25) is 0 Å². The zero-order valence-corrected chi connectivity index (χ0v) is 17.7. The molecule has 3 rings (SSSR count). The van der Waals surface area contributed by atoms with Gasteiger partial charge in [0.25, 0.3) is 5.91 Å². The summed E-state index contributed by atoms with van der Waals surface area (Å²) in [7, 11) is -3.64. The minimum atomic E-state index is -3.64. The standard InChI is InChI=1S/C22H28N2O4S/c1-17(2)15-21(18-7-4-3-5-8-18)23-22(25)19-9-6-10-20(16-19)29(26,27)24-11-13-28-14-12-24/h3-10,16-17,21H,11-15H2,1-2H3,(H,23,25)/t21-/m0/s1. The van der Waals surface area contributed by atoms with Crippen LogP contribution in [0.1, 0.15) is 42.2 Å². The number of rotatable bonds is 7. The Balaban J connectivity index is 1.81. The monoisotopic (exact) mass is 416 g/mol. The Kier molecular flexibility index (Phi) is 7.05. The number of hydrogen-bond acceptors (Lipinski definition) is 4. The van der Waals surface area contributed by atoms with Gasteiger partial charge in [-0.05, 0) is 36.1 Å². The van der Waals surface area contributed by atoms with Crippen molar-refractivity contribution in [3.05, 3.63) is 65.7 Å². The second kappa shape index (κ2) is 9.52. The van der Waals surface area contributed by atoms with Crippen molar-refractivity contribution >= 4 is 15.9 Å². The summed E-state index contributed by atoms with van der Waals surface area (Å²) in [6, 6.07) is 15.9. The summed E-state index contributed by atoms with van der Waals surface area (Å²) >= 11 is 0. The number of sulfonamides is 1. The predicted molar refractivity (Wildman–Crippen MR) is 112 cm³/mol. The van der Waals surface area contributed by atoms with Crippen LogP contribution in [0.3, 0.4) is 0 Å². The molecule has 2 aromatic carbocycles. The highest BCUT2D eigenvalue weighted by atomic mass is 32.2. The molecule has 1 aliphatic rings. The van der Waals surface area contributed by atoms with Gasteiger partial charge in [-0.2, -0.15) is 4.31 Å². The first-order chi connectivity index (χ1) is 13.9. The Morgan fingerprint density at radius 3 is 2.41 bits per heavy atom. The van der Waals surface area contributed by atoms with Crippen LogP contribution in [0.25, 0.3) is 0 Å². The van der Waals surface area contributed by atoms with Gasteiger partial charge in [-0.3, -0.25) is 4.79 Å². The average Bonchev–Trinajstić information content (AvgIpc) is 2.74. The molecule has 0 aromatic heterocycles. The van der Waals surface area contributed by atoms with Crippen molar-refractivity contribution in [2.75, 3.05) is 26.3 Å². The van der Waals surface area contributed by atoms with Crippen LogP contribution in [0.15, 0.2) is 59.5 Å². The van der Waals surface area contributed by atoms with Crippen molar-refractivity contribution < 1.29 is 17.9 Å². The first kappa shape index (κ1) is 21.5. The summed E-state index contributed by atoms with van der Waals surface area (Å²) < 4.78 is 32.4. The lowest BCUT2D eigenvalue weighted by Gasteiger charge is -2.26. The molecule has 0 radical (unpaired) electrons. The van der Waals surface area contributed by atoms with Crippen molar-refractivity contribution in [2.45, 2.75) is 31.2 Å². The van der Waals surface area contributed by atoms with Gasteiger partial charge < -0.3 is 10.1 Å². The largest absolute Gasteiger partial charge is 0.379 e. The van der Waals surface area contributed by atoms with Gasteiger partial charge >= 0.3 is 0 Å². The molecule has 1 heterocycles. The van der Waals surface area contributed by atoms with E-state index in [4.69, 9.17) is 4.74 Å². The lowest BCUT2D eigenvalue weighted by atomic mass is 9.96. The smallest absolute Gasteiger partial charge is 0.251 e. The van der Waals surface area contributed by atoms with Crippen molar-refractivity contribution in [2.24, 2.45) is 5.92 Å². The van der Waals surface area contributed by atoms with Gasteiger partial charge in [-0.25, -0.2) is 8.42 Å². The molecule has 0 bridgehead atoms. The van der Waals surface area contributed by atoms with Gasteiger partial charge in [0.2, 0.25) is 10.0 Å². The van der Waals surface area contributed by atoms with Gasteiger partial charge in [0.05, 0.1) is 24.2 Å². The van der Waals surface area contributed by atoms with Crippen LogP contribution in [-0.4, -0.2) is 44.9 Å². The Labute approximate surface area is 172 Å². The number of carbonyl (C=O) groups excluding carboxylic acids is 1. The Morgan fingerprint density at radius 1 is 1.07 bits per heavy atom. The van der Waals surface area contributed by atoms with Gasteiger partial charge in [0, 0.05) is 18.7 Å². The first-order valence-electron chi connectivity index (χ1n) is 9.91. The minimum Gasteiger partial charge on any atom is -0.379 e. The average molecular weight is 417 g/mol. The van der Waals surface area contributed by atoms with E-state index in [1.165, 1.54) is 16.4 Å². The van der Waals surface area contributed by atoms with Crippen LogP contribution in [0.4, 0.5) is 0 Å². The van der Waals surface area contributed by atoms with Gasteiger partial charge in [0.1, 0.15) is 0 Å². The number of nitrogens with zero attached hydrogens (tertiary/aromatic N) is 1. The third-order valence-corrected chi connectivity index (χ3v) is 6.81. The Bertz CT molecular complexity index is 923. The van der Waals surface area contributed by atoms with E-state index in [1.54, 1.807) is 12.1 Å². The fourth-order valence-corrected chi connectivity index (χ4v) is 4.86. The number of amides is 1. The molecule has 7 heteroatoms. The molecular weight excluding hydrogens is 388 g/mol. The fourth-order valence-electron chi connectivity index (χ4n) is 3.41. The van der Waals surface area contributed by atoms with Crippen molar-refractivity contribution in [3.8, 4) is 0 Å². The highest BCUT2D eigenvalue weighted by molar-refractivity contribution is 7.89. The van der Waals surface area contributed by atoms with Crippen LogP contribution in [-0.2, 0) is 14.8 Å². The minimum absolute atomic E-state index is 0.132. The van der Waals surface area contributed by atoms with Crippen molar-refractivity contribution in [1.29, 1.82) is 0 Å². The van der Waals surface area contributed by atoms with Crippen LogP contribution in [0, 0.1) is 5.92 Å². The molecule has 1 atom stereocenters. The lowest BCUT2D eigenvalue weighted by Crippen LogP contribution is -2.40. The van der Waals surface area contributed by atoms with Crippen LogP contribution >= 0.6 is 0 Å². The molecule has 1 fully saturated rings. The predicted octanol–water partition coefficient (Wildman–Crippen LogP) is 3.22. The number of nitrogens with one attached hydrogen (secondary N) is 1. The maximum absolute atomic E-state index is 12.9. The molecule has 1 amide bonds. The molecule has 1 saturated heterocycles. The zero-order chi connectivity index (χ0) is 20.9. The van der Waals surface area contributed by atoms with E-state index in [1.807, 2.05) is 30.3 Å². The zero-order valence-electron chi connectivity index (χ0n) is 16.9. The molecule has 1 aliphatic heterocycles. The molecule has 0 spiro atoms. The summed E-state index contributed by atoms with van der Waals surface area (Å²) in [6.07, 6.45) is 0.793. The van der Waals surface area contributed by atoms with Gasteiger partial charge in [-0.15, -0.1) is 0 Å². The first-order valence-corrected chi connectivity index (χ1v) is 11.4. The van der Waals surface area contributed by atoms with E-state index >= 15 is 0 Å². The summed E-state index contributed by atoms with van der Waals surface area (Å²) in [6.45, 7) is 5.63. The summed E-state index contributed by atoms with van der Waals surface area (Å²) in [5.74, 6) is 0.118. The number of benzene rings is 2. The summed E-state index contributed by atoms with van der Waals surface area (Å²) in [4.78, 5) is 13.1. The molecule has 156 valence electrons. The van der Waals surface area contributed by atoms with Crippen LogP contribution in [0.5, 0.6) is 0 Å². The second-order valence-corrected chi connectivity index (χ2v) is 9.55. The molecule has 6 nitrogen and oxygen atoms in total. The van der Waals surface area contributed by atoms with E-state index in [2.05, 4.69) is 19.2 Å². The molecule has 0 unspecified atom stereocenters. The number of morpholine rings is 1. The van der Waals surface area contributed by atoms with E-state index in [-0.39, 0.29) is 16.8 Å². The van der Waals surface area contributed by atoms with Gasteiger partial charge in [-0.1, -0.05) is 50.2 Å². The quantitative estimate of drug-likeness (QED) is 0.752. The molecule has 2 aromatic rings. The number of carbonyl (C=O) groups is 1. The maximum atomic E-state index is 12.9. The highest BCUT2D eigenvalue weighted by Gasteiger charge is 2.27. The lowest BCUT2D eigenvalue weighted by molar-refractivity contribution is 0.0730. The van der Waals surface area contributed by atoms with Gasteiger partial charge in [0.15, 0.2) is 0 Å². The van der Waals surface area contributed by atoms with E-state index in [0.29, 0.717) is 37.8 Å². The highest BCUT2D eigenvalue weighted by Crippen LogP contribution is 2.23. The third-order valence-electron chi connectivity index (χ3n) is 4.92. The second-order valence-electron chi connectivity index (χ2n) is 7.61. The van der Waals surface area contributed by atoms with Crippen molar-refractivity contribution in [1.82, 2.24) is 9.62 Å². The molecule has 0 saturated carbocycles. The molecule has 1 N–H and O–H groups in total. The summed E-state index contributed by atoms with van der Waals surface area (Å²) in [5.41, 5.74) is 1.37. The summed E-state index contributed by atoms with van der Waals surface area (Å²) in [5, 5.41) is 3.07. The van der Waals surface area contributed by atoms with E-state index < -0.39 is 10.0 Å². The van der Waals surface area contributed by atoms with Crippen molar-refractivity contribution in [3.63, 3.8) is 0 Å². The van der Waals surface area contributed by atoms with E-state index in [0.717, 1.165) is 12.0 Å². The molecule has 29 heavy (non-hydrogen) atoms. The maximum Gasteiger partial charge on any atom is 0.251 e. The fraction of sp³-hybridized carbons (Fsp3) is 0.409. The Hall–Kier alpha value is -2.22. The number of ether oxygens (including phenoxy) is 1. The normalized spacial score (nSPS) is 16.5.